The van der Waals surface area contributed by atoms with Gasteiger partial charge in [0.1, 0.15) is 6.10 Å². The van der Waals surface area contributed by atoms with E-state index in [9.17, 15) is 0 Å². The Balaban J connectivity index is 1.75. The van der Waals surface area contributed by atoms with Gasteiger partial charge in [0.15, 0.2) is 0 Å². The average Bonchev–Trinajstić information content (AvgIpc) is 3.10. The molecule has 1 aliphatic heterocycles. The van der Waals surface area contributed by atoms with Crippen molar-refractivity contribution < 1.29 is 4.74 Å². The summed E-state index contributed by atoms with van der Waals surface area (Å²) in [6.45, 7) is 5.86. The summed E-state index contributed by atoms with van der Waals surface area (Å²) in [5.41, 5.74) is 4.82. The fourth-order valence-corrected chi connectivity index (χ4v) is 3.20. The van der Waals surface area contributed by atoms with Gasteiger partial charge in [0.05, 0.1) is 5.69 Å². The number of nitrogens with zero attached hydrogens (tertiary/aromatic N) is 3. The highest BCUT2D eigenvalue weighted by atomic mass is 16.5. The Morgan fingerprint density at radius 1 is 1.38 bits per heavy atom. The number of nitrogens with one attached hydrogen (secondary N) is 1. The first-order valence-corrected chi connectivity index (χ1v) is 7.53. The highest BCUT2D eigenvalue weighted by Gasteiger charge is 2.33. The first kappa shape index (κ1) is 14.4. The Hall–Kier alpha value is -1.59. The molecular formula is C16H24N4O. The summed E-state index contributed by atoms with van der Waals surface area (Å²) in [7, 11) is 4.07. The van der Waals surface area contributed by atoms with Gasteiger partial charge in [-0.3, -0.25) is 4.68 Å². The third kappa shape index (κ3) is 2.63. The fourth-order valence-electron chi connectivity index (χ4n) is 3.20. The Morgan fingerprint density at radius 2 is 2.19 bits per heavy atom. The minimum absolute atomic E-state index is 0.110. The molecule has 0 aliphatic carbocycles. The van der Waals surface area contributed by atoms with Crippen LogP contribution in [0.1, 0.15) is 35.2 Å². The fraction of sp³-hybridized carbons (Fsp3) is 0.562. The summed E-state index contributed by atoms with van der Waals surface area (Å²) in [5.74, 6) is 0. The lowest BCUT2D eigenvalue weighted by Gasteiger charge is -2.21. The van der Waals surface area contributed by atoms with Crippen LogP contribution in [0.2, 0.25) is 0 Å². The van der Waals surface area contributed by atoms with E-state index in [2.05, 4.69) is 54.2 Å². The molecule has 5 nitrogen and oxygen atoms in total. The molecule has 21 heavy (non-hydrogen) atoms. The lowest BCUT2D eigenvalue weighted by atomic mass is 10.0. The van der Waals surface area contributed by atoms with Crippen LogP contribution in [0.4, 0.5) is 0 Å². The van der Waals surface area contributed by atoms with E-state index in [1.54, 1.807) is 0 Å². The molecule has 0 bridgehead atoms. The van der Waals surface area contributed by atoms with E-state index in [-0.39, 0.29) is 6.10 Å². The van der Waals surface area contributed by atoms with Crippen molar-refractivity contribution in [2.45, 2.75) is 39.0 Å². The molecule has 2 aromatic heterocycles. The summed E-state index contributed by atoms with van der Waals surface area (Å²) in [6.07, 6.45) is 3.23. The zero-order chi connectivity index (χ0) is 15.0. The first-order valence-electron chi connectivity index (χ1n) is 7.53. The van der Waals surface area contributed by atoms with E-state index >= 15 is 0 Å². The summed E-state index contributed by atoms with van der Waals surface area (Å²) in [5, 5.41) is 8.17. The maximum atomic E-state index is 6.00. The second kappa shape index (κ2) is 5.66. The minimum atomic E-state index is 0.110. The van der Waals surface area contributed by atoms with Crippen molar-refractivity contribution in [1.82, 2.24) is 19.7 Å². The standard InChI is InChI=1S/C16H24N4O/c1-11-15(12(2)20(4)18-11)16-14(7-9-21-16)17-10-13-6-5-8-19(13)3/h5-6,8,14,16-17H,7,9-10H2,1-4H3/t14-,16-/m1/s1. The number of aryl methyl sites for hydroxylation is 3. The molecule has 0 unspecified atom stereocenters. The van der Waals surface area contributed by atoms with Gasteiger partial charge >= 0.3 is 0 Å². The third-order valence-corrected chi connectivity index (χ3v) is 4.54. The average molecular weight is 288 g/mol. The van der Waals surface area contributed by atoms with Gasteiger partial charge in [-0.2, -0.15) is 5.10 Å². The second-order valence-corrected chi connectivity index (χ2v) is 5.89. The van der Waals surface area contributed by atoms with Crippen LogP contribution in [0, 0.1) is 13.8 Å². The number of hydrogen-bond acceptors (Lipinski definition) is 3. The zero-order valence-corrected chi connectivity index (χ0v) is 13.3. The van der Waals surface area contributed by atoms with Gasteiger partial charge in [0.2, 0.25) is 0 Å². The number of hydrogen-bond donors (Lipinski definition) is 1. The summed E-state index contributed by atoms with van der Waals surface area (Å²) >= 11 is 0. The molecule has 0 radical (unpaired) electrons. The molecule has 5 heteroatoms. The van der Waals surface area contributed by atoms with Gasteiger partial charge < -0.3 is 14.6 Å². The van der Waals surface area contributed by atoms with Gasteiger partial charge in [-0.25, -0.2) is 0 Å². The molecule has 3 heterocycles. The summed E-state index contributed by atoms with van der Waals surface area (Å²) in [6, 6.07) is 4.58. The highest BCUT2D eigenvalue weighted by Crippen LogP contribution is 2.33. The summed E-state index contributed by atoms with van der Waals surface area (Å²) < 4.78 is 10.1. The molecule has 1 aliphatic rings. The molecule has 1 saturated heterocycles. The first-order chi connectivity index (χ1) is 10.1. The molecule has 1 N–H and O–H groups in total. The molecule has 0 amide bonds. The van der Waals surface area contributed by atoms with Gasteiger partial charge in [-0.15, -0.1) is 0 Å². The highest BCUT2D eigenvalue weighted by molar-refractivity contribution is 5.29. The van der Waals surface area contributed by atoms with Crippen LogP contribution >= 0.6 is 0 Å². The number of aromatic nitrogens is 3. The van der Waals surface area contributed by atoms with E-state index < -0.39 is 0 Å². The van der Waals surface area contributed by atoms with Gasteiger partial charge in [-0.1, -0.05) is 0 Å². The predicted molar refractivity (Wildman–Crippen MR) is 82.0 cm³/mol. The Labute approximate surface area is 125 Å². The van der Waals surface area contributed by atoms with Crippen molar-refractivity contribution in [3.63, 3.8) is 0 Å². The minimum Gasteiger partial charge on any atom is -0.372 e. The molecule has 2 atom stereocenters. The van der Waals surface area contributed by atoms with E-state index in [1.165, 1.54) is 17.0 Å². The van der Waals surface area contributed by atoms with Crippen molar-refractivity contribution in [2.75, 3.05) is 6.61 Å². The number of ether oxygens (including phenoxy) is 1. The van der Waals surface area contributed by atoms with E-state index in [0.29, 0.717) is 6.04 Å². The van der Waals surface area contributed by atoms with Crippen molar-refractivity contribution in [1.29, 1.82) is 0 Å². The molecule has 1 fully saturated rings. The van der Waals surface area contributed by atoms with E-state index in [0.717, 1.165) is 25.3 Å². The lowest BCUT2D eigenvalue weighted by Crippen LogP contribution is -2.32. The van der Waals surface area contributed by atoms with Crippen molar-refractivity contribution in [3.05, 3.63) is 41.0 Å². The van der Waals surface area contributed by atoms with Crippen LogP contribution in [-0.2, 0) is 25.4 Å². The van der Waals surface area contributed by atoms with Gasteiger partial charge in [-0.05, 0) is 32.4 Å². The van der Waals surface area contributed by atoms with E-state index in [1.807, 2.05) is 11.7 Å². The van der Waals surface area contributed by atoms with Crippen LogP contribution < -0.4 is 5.32 Å². The Morgan fingerprint density at radius 3 is 2.81 bits per heavy atom. The van der Waals surface area contributed by atoms with Crippen LogP contribution in [-0.4, -0.2) is 27.0 Å². The van der Waals surface area contributed by atoms with Crippen LogP contribution in [0.25, 0.3) is 0 Å². The van der Waals surface area contributed by atoms with Crippen LogP contribution in [0.15, 0.2) is 18.3 Å². The zero-order valence-electron chi connectivity index (χ0n) is 13.3. The molecule has 2 aromatic rings. The monoisotopic (exact) mass is 288 g/mol. The Bertz CT molecular complexity index is 628. The molecule has 3 rings (SSSR count). The molecule has 0 aromatic carbocycles. The van der Waals surface area contributed by atoms with Gasteiger partial charge in [0.25, 0.3) is 0 Å². The smallest absolute Gasteiger partial charge is 0.101 e. The van der Waals surface area contributed by atoms with Crippen LogP contribution in [0.3, 0.4) is 0 Å². The third-order valence-electron chi connectivity index (χ3n) is 4.54. The normalized spacial score (nSPS) is 22.1. The van der Waals surface area contributed by atoms with Crippen molar-refractivity contribution in [3.8, 4) is 0 Å². The Kier molecular flexibility index (Phi) is 3.87. The molecule has 0 saturated carbocycles. The largest absolute Gasteiger partial charge is 0.372 e. The second-order valence-electron chi connectivity index (χ2n) is 5.89. The topological polar surface area (TPSA) is 44.0 Å². The lowest BCUT2D eigenvalue weighted by molar-refractivity contribution is 0.0973. The molecular weight excluding hydrogens is 264 g/mol. The quantitative estimate of drug-likeness (QED) is 0.936. The molecule has 0 spiro atoms. The number of rotatable bonds is 4. The van der Waals surface area contributed by atoms with Gasteiger partial charge in [0, 0.05) is 56.4 Å². The SMILES string of the molecule is Cc1nn(C)c(C)c1[C@@H]1OCC[C@H]1NCc1cccn1C. The summed E-state index contributed by atoms with van der Waals surface area (Å²) in [4.78, 5) is 0. The maximum absolute atomic E-state index is 6.00. The van der Waals surface area contributed by atoms with Crippen molar-refractivity contribution in [2.24, 2.45) is 14.1 Å². The molecule has 114 valence electrons. The maximum Gasteiger partial charge on any atom is 0.101 e. The van der Waals surface area contributed by atoms with E-state index in [4.69, 9.17) is 4.74 Å². The predicted octanol–water partition coefficient (Wildman–Crippen LogP) is 2.00. The van der Waals surface area contributed by atoms with Crippen LogP contribution in [0.5, 0.6) is 0 Å². The van der Waals surface area contributed by atoms with Crippen molar-refractivity contribution >= 4 is 0 Å².